The molecule has 2 N–H and O–H groups in total. The Bertz CT molecular complexity index is 1340. The van der Waals surface area contributed by atoms with E-state index in [0.717, 1.165) is 30.8 Å². The molecule has 4 aromatic rings. The number of halogens is 4. The molecule has 0 aliphatic carbocycles. The first-order valence-corrected chi connectivity index (χ1v) is 13.2. The van der Waals surface area contributed by atoms with E-state index in [0.29, 0.717) is 47.4 Å². The third-order valence-corrected chi connectivity index (χ3v) is 6.34. The lowest BCUT2D eigenvalue weighted by Gasteiger charge is -2.23. The number of hydrogen-bond acceptors (Lipinski definition) is 5. The van der Waals surface area contributed by atoms with Crippen LogP contribution in [0.5, 0.6) is 0 Å². The van der Waals surface area contributed by atoms with E-state index >= 15 is 0 Å². The van der Waals surface area contributed by atoms with Crippen molar-refractivity contribution in [3.63, 3.8) is 0 Å². The molecular weight excluding hydrogens is 538 g/mol. The van der Waals surface area contributed by atoms with Crippen LogP contribution in [0.2, 0.25) is 5.02 Å². The zero-order valence-corrected chi connectivity index (χ0v) is 22.2. The highest BCUT2D eigenvalue weighted by atomic mass is 35.5. The van der Waals surface area contributed by atoms with Crippen molar-refractivity contribution in [2.75, 3.05) is 40.4 Å². The van der Waals surface area contributed by atoms with Gasteiger partial charge in [0.2, 0.25) is 5.91 Å². The number of carbonyl (C=O) groups is 1. The Morgan fingerprint density at radius 3 is 2.51 bits per heavy atom. The minimum absolute atomic E-state index is 0.0129. The van der Waals surface area contributed by atoms with Gasteiger partial charge in [0.05, 0.1) is 11.2 Å². The van der Waals surface area contributed by atoms with E-state index < -0.39 is 5.82 Å². The van der Waals surface area contributed by atoms with E-state index in [4.69, 9.17) is 34.8 Å². The van der Waals surface area contributed by atoms with Crippen LogP contribution in [0.4, 0.5) is 27.3 Å². The van der Waals surface area contributed by atoms with Gasteiger partial charge >= 0.3 is 0 Å². The number of fused-ring (bicyclic) bond motifs is 1. The molecule has 0 aliphatic heterocycles. The summed E-state index contributed by atoms with van der Waals surface area (Å²) in [5.41, 5.74) is 3.82. The second-order valence-electron chi connectivity index (χ2n) is 8.33. The van der Waals surface area contributed by atoms with Crippen molar-refractivity contribution in [2.45, 2.75) is 19.3 Å². The quantitative estimate of drug-likeness (QED) is 0.192. The van der Waals surface area contributed by atoms with Crippen molar-refractivity contribution in [1.29, 1.82) is 0 Å². The Labute approximate surface area is 229 Å². The fraction of sp³-hybridized carbons (Fsp3) is 0.269. The summed E-state index contributed by atoms with van der Waals surface area (Å²) in [4.78, 5) is 19.3. The number of nitrogens with one attached hydrogen (secondary N) is 2. The molecule has 37 heavy (non-hydrogen) atoms. The lowest BCUT2D eigenvalue weighted by atomic mass is 10.1. The van der Waals surface area contributed by atoms with Crippen LogP contribution in [0, 0.1) is 5.82 Å². The minimum atomic E-state index is -0.496. The number of hydrogen-bond donors (Lipinski definition) is 2. The van der Waals surface area contributed by atoms with Crippen LogP contribution in [0.15, 0.2) is 60.9 Å². The molecule has 11 heteroatoms. The Hall–Kier alpha value is -3.07. The lowest BCUT2D eigenvalue weighted by molar-refractivity contribution is -0.116. The van der Waals surface area contributed by atoms with E-state index in [9.17, 15) is 9.18 Å². The van der Waals surface area contributed by atoms with Gasteiger partial charge in [-0.25, -0.2) is 13.9 Å². The highest BCUT2D eigenvalue weighted by Crippen LogP contribution is 2.24. The minimum Gasteiger partial charge on any atom is -0.369 e. The SMILES string of the molecule is O=C(CCCc1ccc(N(CCCl)CCCl)cc1)Nc1cnn2ccc(Nc3ccc(F)c(Cl)c3)nc12. The zero-order valence-electron chi connectivity index (χ0n) is 19.9. The lowest BCUT2D eigenvalue weighted by Crippen LogP contribution is -2.27. The van der Waals surface area contributed by atoms with Gasteiger partial charge in [0.15, 0.2) is 5.65 Å². The van der Waals surface area contributed by atoms with E-state index in [-0.39, 0.29) is 10.9 Å². The summed E-state index contributed by atoms with van der Waals surface area (Å²) in [6.45, 7) is 1.48. The average Bonchev–Trinajstić information content (AvgIpc) is 3.28. The van der Waals surface area contributed by atoms with Crippen LogP contribution in [-0.4, -0.2) is 45.4 Å². The summed E-state index contributed by atoms with van der Waals surface area (Å²) in [6.07, 6.45) is 5.11. The molecule has 2 heterocycles. The Morgan fingerprint density at radius 2 is 1.81 bits per heavy atom. The highest BCUT2D eigenvalue weighted by Gasteiger charge is 2.11. The predicted molar refractivity (Wildman–Crippen MR) is 149 cm³/mol. The molecule has 7 nitrogen and oxygen atoms in total. The first-order valence-electron chi connectivity index (χ1n) is 11.8. The fourth-order valence-corrected chi connectivity index (χ4v) is 4.45. The molecular formula is C26H26Cl3FN6O. The average molecular weight is 564 g/mol. The number of aromatic nitrogens is 3. The molecule has 2 aromatic carbocycles. The van der Waals surface area contributed by atoms with Gasteiger partial charge in [-0.05, 0) is 54.8 Å². The van der Waals surface area contributed by atoms with Gasteiger partial charge in [-0.3, -0.25) is 4.79 Å². The summed E-state index contributed by atoms with van der Waals surface area (Å²) in [7, 11) is 0. The Kier molecular flexibility index (Phi) is 9.44. The molecule has 0 radical (unpaired) electrons. The van der Waals surface area contributed by atoms with E-state index in [2.05, 4.69) is 49.9 Å². The molecule has 0 saturated carbocycles. The number of aryl methyl sites for hydroxylation is 1. The number of alkyl halides is 2. The number of carbonyl (C=O) groups excluding carboxylic acids is 1. The van der Waals surface area contributed by atoms with Crippen molar-refractivity contribution in [3.05, 3.63) is 77.3 Å². The summed E-state index contributed by atoms with van der Waals surface area (Å²) in [5.74, 6) is 0.968. The monoisotopic (exact) mass is 562 g/mol. The molecule has 0 spiro atoms. The number of amides is 1. The fourth-order valence-electron chi connectivity index (χ4n) is 3.86. The molecule has 1 amide bonds. The normalized spacial score (nSPS) is 11.0. The standard InChI is InChI=1S/C26H26Cl3FN6O/c27-11-14-35(15-12-28)20-7-4-18(5-8-20)2-1-3-25(37)33-23-17-31-36-13-10-24(34-26(23)36)32-19-6-9-22(30)21(29)16-19/h4-10,13,16-17H,1-3,11-12,14-15H2,(H,32,34)(H,33,37). The Morgan fingerprint density at radius 1 is 1.05 bits per heavy atom. The molecule has 0 bridgehead atoms. The van der Waals surface area contributed by atoms with Crippen molar-refractivity contribution in [3.8, 4) is 0 Å². The zero-order chi connectivity index (χ0) is 26.2. The second kappa shape index (κ2) is 12.9. The topological polar surface area (TPSA) is 74.6 Å². The third kappa shape index (κ3) is 7.25. The maximum Gasteiger partial charge on any atom is 0.224 e. The van der Waals surface area contributed by atoms with Crippen LogP contribution >= 0.6 is 34.8 Å². The van der Waals surface area contributed by atoms with Gasteiger partial charge in [-0.2, -0.15) is 5.10 Å². The van der Waals surface area contributed by atoms with Crippen molar-refractivity contribution in [1.82, 2.24) is 14.6 Å². The number of anilines is 4. The van der Waals surface area contributed by atoms with Gasteiger partial charge in [0.1, 0.15) is 17.3 Å². The van der Waals surface area contributed by atoms with Crippen LogP contribution in [-0.2, 0) is 11.2 Å². The number of rotatable bonds is 12. The summed E-state index contributed by atoms with van der Waals surface area (Å²) < 4.78 is 15.0. The maximum absolute atomic E-state index is 13.4. The van der Waals surface area contributed by atoms with Crippen LogP contribution in [0.1, 0.15) is 18.4 Å². The first kappa shape index (κ1) is 27.0. The van der Waals surface area contributed by atoms with Crippen LogP contribution in [0.3, 0.4) is 0 Å². The molecule has 0 unspecified atom stereocenters. The van der Waals surface area contributed by atoms with Gasteiger partial charge in [-0.1, -0.05) is 23.7 Å². The molecule has 0 atom stereocenters. The van der Waals surface area contributed by atoms with E-state index in [1.54, 1.807) is 29.0 Å². The smallest absolute Gasteiger partial charge is 0.224 e. The maximum atomic E-state index is 13.4. The highest BCUT2D eigenvalue weighted by molar-refractivity contribution is 6.31. The second-order valence-corrected chi connectivity index (χ2v) is 9.49. The third-order valence-electron chi connectivity index (χ3n) is 5.71. The van der Waals surface area contributed by atoms with Gasteiger partial charge < -0.3 is 15.5 Å². The van der Waals surface area contributed by atoms with Gasteiger partial charge in [-0.15, -0.1) is 23.2 Å². The molecule has 0 fully saturated rings. The molecule has 4 rings (SSSR count). The summed E-state index contributed by atoms with van der Waals surface area (Å²) >= 11 is 17.6. The first-order chi connectivity index (χ1) is 18.0. The summed E-state index contributed by atoms with van der Waals surface area (Å²) in [5, 5.41) is 10.2. The van der Waals surface area contributed by atoms with Gasteiger partial charge in [0, 0.05) is 48.8 Å². The number of nitrogens with zero attached hydrogens (tertiary/aromatic N) is 4. The van der Waals surface area contributed by atoms with Crippen molar-refractivity contribution in [2.24, 2.45) is 0 Å². The molecule has 0 saturated heterocycles. The molecule has 194 valence electrons. The van der Waals surface area contributed by atoms with E-state index in [1.165, 1.54) is 12.1 Å². The van der Waals surface area contributed by atoms with Gasteiger partial charge in [0.25, 0.3) is 0 Å². The Balaban J connectivity index is 1.32. The van der Waals surface area contributed by atoms with Crippen molar-refractivity contribution < 1.29 is 9.18 Å². The van der Waals surface area contributed by atoms with Crippen molar-refractivity contribution >= 4 is 69.2 Å². The number of benzene rings is 2. The van der Waals surface area contributed by atoms with Crippen LogP contribution < -0.4 is 15.5 Å². The predicted octanol–water partition coefficient (Wildman–Crippen LogP) is 6.51. The summed E-state index contributed by atoms with van der Waals surface area (Å²) in [6, 6.07) is 14.3. The van der Waals surface area contributed by atoms with Crippen LogP contribution in [0.25, 0.3) is 5.65 Å². The molecule has 2 aromatic heterocycles. The largest absolute Gasteiger partial charge is 0.369 e. The van der Waals surface area contributed by atoms with E-state index in [1.807, 2.05) is 0 Å². The molecule has 0 aliphatic rings.